The van der Waals surface area contributed by atoms with Gasteiger partial charge in [0, 0.05) is 23.1 Å². The molecule has 1 amide bonds. The van der Waals surface area contributed by atoms with E-state index >= 15 is 0 Å². The molecule has 0 bridgehead atoms. The Balaban J connectivity index is 1.66. The average molecular weight is 388 g/mol. The third kappa shape index (κ3) is 3.26. The molecule has 2 aromatic carbocycles. The molecule has 7 heteroatoms. The molecule has 1 spiro atoms. The van der Waals surface area contributed by atoms with Gasteiger partial charge in [0.15, 0.2) is 0 Å². The molecule has 2 aliphatic rings. The zero-order valence-electron chi connectivity index (χ0n) is 14.8. The highest BCUT2D eigenvalue weighted by molar-refractivity contribution is 7.88. The monoisotopic (exact) mass is 388 g/mol. The van der Waals surface area contributed by atoms with Gasteiger partial charge in [-0.05, 0) is 42.7 Å². The Hall–Kier alpha value is -2.25. The van der Waals surface area contributed by atoms with Gasteiger partial charge in [-0.3, -0.25) is 4.79 Å². The third-order valence-electron chi connectivity index (χ3n) is 5.65. The number of carbonyl (C=O) groups is 1. The minimum Gasteiger partial charge on any atom is -0.307 e. The number of benzene rings is 2. The number of sulfonamides is 1. The van der Waals surface area contributed by atoms with E-state index in [0.717, 1.165) is 25.7 Å². The van der Waals surface area contributed by atoms with E-state index in [2.05, 4.69) is 0 Å². The molecule has 5 nitrogen and oxygen atoms in total. The lowest BCUT2D eigenvalue weighted by Gasteiger charge is -2.25. The summed E-state index contributed by atoms with van der Waals surface area (Å²) in [7, 11) is -3.62. The van der Waals surface area contributed by atoms with Gasteiger partial charge in [-0.1, -0.05) is 31.0 Å². The van der Waals surface area contributed by atoms with E-state index in [1.165, 1.54) is 6.07 Å². The van der Waals surface area contributed by atoms with Crippen molar-refractivity contribution >= 4 is 21.6 Å². The topological polar surface area (TPSA) is 80.5 Å². The van der Waals surface area contributed by atoms with Crippen LogP contribution in [0.25, 0.3) is 0 Å². The molecule has 0 saturated heterocycles. The number of amides is 1. The molecule has 0 aromatic heterocycles. The number of nitrogens with zero attached hydrogens (tertiary/aromatic N) is 1. The number of hydrogen-bond donors (Lipinski definition) is 1. The van der Waals surface area contributed by atoms with Gasteiger partial charge in [-0.15, -0.1) is 0 Å². The Morgan fingerprint density at radius 3 is 2.41 bits per heavy atom. The predicted molar refractivity (Wildman–Crippen MR) is 101 cm³/mol. The molecular formula is C20H21FN2O3S. The van der Waals surface area contributed by atoms with Gasteiger partial charge in [0.2, 0.25) is 10.0 Å². The van der Waals surface area contributed by atoms with Crippen LogP contribution in [0.3, 0.4) is 0 Å². The van der Waals surface area contributed by atoms with Crippen molar-refractivity contribution in [2.75, 3.05) is 11.4 Å². The summed E-state index contributed by atoms with van der Waals surface area (Å²) in [5.74, 6) is -0.719. The van der Waals surface area contributed by atoms with Crippen LogP contribution in [0, 0.1) is 5.82 Å². The van der Waals surface area contributed by atoms with Crippen molar-refractivity contribution in [3.63, 3.8) is 0 Å². The smallest absolute Gasteiger partial charge is 0.258 e. The summed E-state index contributed by atoms with van der Waals surface area (Å²) in [6.45, 7) is 0.487. The SMILES string of the molecule is NS(=O)(=O)Cc1ccc(C(=O)N2CC3(CCCC3)c3c(F)cccc32)cc1. The number of fused-ring (bicyclic) bond motifs is 2. The number of rotatable bonds is 3. The fourth-order valence-corrected chi connectivity index (χ4v) is 5.16. The number of nitrogens with two attached hydrogens (primary N) is 1. The van der Waals surface area contributed by atoms with Gasteiger partial charge in [0.1, 0.15) is 5.82 Å². The van der Waals surface area contributed by atoms with E-state index in [1.807, 2.05) is 0 Å². The molecule has 142 valence electrons. The fraction of sp³-hybridized carbons (Fsp3) is 0.350. The van der Waals surface area contributed by atoms with Crippen molar-refractivity contribution < 1.29 is 17.6 Å². The molecule has 1 saturated carbocycles. The van der Waals surface area contributed by atoms with Crippen molar-refractivity contribution in [1.29, 1.82) is 0 Å². The first-order valence-corrected chi connectivity index (χ1v) is 10.7. The van der Waals surface area contributed by atoms with Gasteiger partial charge in [0.25, 0.3) is 5.91 Å². The number of carbonyl (C=O) groups excluding carboxylic acids is 1. The summed E-state index contributed by atoms with van der Waals surface area (Å²) < 4.78 is 37.0. The van der Waals surface area contributed by atoms with Crippen molar-refractivity contribution in [2.24, 2.45) is 5.14 Å². The third-order valence-corrected chi connectivity index (χ3v) is 6.38. The highest BCUT2D eigenvalue weighted by Crippen LogP contribution is 2.51. The highest BCUT2D eigenvalue weighted by atomic mass is 32.2. The molecule has 27 heavy (non-hydrogen) atoms. The number of anilines is 1. The maximum absolute atomic E-state index is 14.6. The fourth-order valence-electron chi connectivity index (χ4n) is 4.50. The van der Waals surface area contributed by atoms with Crippen LogP contribution in [-0.4, -0.2) is 20.9 Å². The predicted octanol–water partition coefficient (Wildman–Crippen LogP) is 3.09. The van der Waals surface area contributed by atoms with Crippen LogP contribution < -0.4 is 10.0 Å². The van der Waals surface area contributed by atoms with Crippen LogP contribution in [0.4, 0.5) is 10.1 Å². The molecule has 1 heterocycles. The van der Waals surface area contributed by atoms with Gasteiger partial charge in [0.05, 0.1) is 11.4 Å². The van der Waals surface area contributed by atoms with Crippen LogP contribution in [0.2, 0.25) is 0 Å². The molecule has 4 rings (SSSR count). The Morgan fingerprint density at radius 2 is 1.78 bits per heavy atom. The first-order chi connectivity index (χ1) is 12.8. The zero-order valence-corrected chi connectivity index (χ0v) is 15.6. The number of primary sulfonamides is 1. The van der Waals surface area contributed by atoms with Gasteiger partial charge < -0.3 is 4.90 Å². The lowest BCUT2D eigenvalue weighted by atomic mass is 9.80. The summed E-state index contributed by atoms with van der Waals surface area (Å²) in [6, 6.07) is 11.3. The van der Waals surface area contributed by atoms with E-state index in [1.54, 1.807) is 41.3 Å². The van der Waals surface area contributed by atoms with Crippen molar-refractivity contribution in [1.82, 2.24) is 0 Å². The standard InChI is InChI=1S/C20H21FN2O3S/c21-16-4-3-5-17-18(16)20(10-1-2-11-20)13-23(17)19(24)15-8-6-14(7-9-15)12-27(22,25)26/h3-9H,1-2,10-13H2,(H2,22,25,26). The second kappa shape index (κ2) is 6.42. The van der Waals surface area contributed by atoms with Crippen LogP contribution in [0.15, 0.2) is 42.5 Å². The van der Waals surface area contributed by atoms with Crippen molar-refractivity contribution in [3.8, 4) is 0 Å². The summed E-state index contributed by atoms with van der Waals surface area (Å²) >= 11 is 0. The largest absolute Gasteiger partial charge is 0.307 e. The van der Waals surface area contributed by atoms with Crippen LogP contribution in [0.1, 0.15) is 47.2 Å². The molecule has 0 atom stereocenters. The molecule has 1 fully saturated rings. The van der Waals surface area contributed by atoms with E-state index in [9.17, 15) is 17.6 Å². The van der Waals surface area contributed by atoms with Gasteiger partial charge in [-0.2, -0.15) is 0 Å². The van der Waals surface area contributed by atoms with E-state index in [-0.39, 0.29) is 22.9 Å². The van der Waals surface area contributed by atoms with Crippen LogP contribution >= 0.6 is 0 Å². The van der Waals surface area contributed by atoms with Crippen LogP contribution in [0.5, 0.6) is 0 Å². The molecular weight excluding hydrogens is 367 g/mol. The maximum atomic E-state index is 14.6. The minimum atomic E-state index is -3.62. The summed E-state index contributed by atoms with van der Waals surface area (Å²) in [5, 5.41) is 5.06. The highest BCUT2D eigenvalue weighted by Gasteiger charge is 2.48. The number of hydrogen-bond acceptors (Lipinski definition) is 3. The quantitative estimate of drug-likeness (QED) is 0.877. The molecule has 0 radical (unpaired) electrons. The lowest BCUT2D eigenvalue weighted by molar-refractivity contribution is 0.0985. The first-order valence-electron chi connectivity index (χ1n) is 8.99. The van der Waals surface area contributed by atoms with E-state index in [4.69, 9.17) is 5.14 Å². The van der Waals surface area contributed by atoms with Gasteiger partial charge >= 0.3 is 0 Å². The Kier molecular flexibility index (Phi) is 4.31. The molecule has 1 aliphatic carbocycles. The van der Waals surface area contributed by atoms with Crippen molar-refractivity contribution in [2.45, 2.75) is 36.9 Å². The van der Waals surface area contributed by atoms with E-state index < -0.39 is 10.0 Å². The number of halogens is 1. The van der Waals surface area contributed by atoms with E-state index in [0.29, 0.717) is 28.9 Å². The summed E-state index contributed by atoms with van der Waals surface area (Å²) in [6.07, 6.45) is 3.85. The second-order valence-corrected chi connectivity index (χ2v) is 9.13. The molecule has 0 unspecified atom stereocenters. The Labute approximate surface area is 158 Å². The Morgan fingerprint density at radius 1 is 1.11 bits per heavy atom. The minimum absolute atomic E-state index is 0.201. The maximum Gasteiger partial charge on any atom is 0.258 e. The van der Waals surface area contributed by atoms with Gasteiger partial charge in [-0.25, -0.2) is 17.9 Å². The second-order valence-electron chi connectivity index (χ2n) is 7.52. The normalized spacial score (nSPS) is 18.1. The molecule has 2 aromatic rings. The Bertz CT molecular complexity index is 996. The summed E-state index contributed by atoms with van der Waals surface area (Å²) in [5.41, 5.74) is 1.99. The van der Waals surface area contributed by atoms with Crippen molar-refractivity contribution in [3.05, 3.63) is 65.0 Å². The average Bonchev–Trinajstić information content (AvgIpc) is 3.20. The summed E-state index contributed by atoms with van der Waals surface area (Å²) in [4.78, 5) is 14.8. The zero-order chi connectivity index (χ0) is 19.2. The molecule has 1 aliphatic heterocycles. The lowest BCUT2D eigenvalue weighted by Crippen LogP contribution is -2.35. The van der Waals surface area contributed by atoms with Crippen LogP contribution in [-0.2, 0) is 21.2 Å². The molecule has 2 N–H and O–H groups in total. The first kappa shape index (κ1) is 18.1.